The zero-order valence-electron chi connectivity index (χ0n) is 40.7. The number of hydrogen-bond acceptors (Lipinski definition) is 3. The summed E-state index contributed by atoms with van der Waals surface area (Å²) in [6.07, 6.45) is 1.87. The molecule has 0 fully saturated rings. The summed E-state index contributed by atoms with van der Waals surface area (Å²) in [5.74, 6) is 0.225. The van der Waals surface area contributed by atoms with E-state index in [1.165, 1.54) is 11.1 Å². The van der Waals surface area contributed by atoms with Gasteiger partial charge in [0.05, 0.1) is 22.3 Å². The fraction of sp³-hybridized carbons (Fsp3) is 0.288. The first-order chi connectivity index (χ1) is 30.0. The second-order valence-corrected chi connectivity index (χ2v) is 20.7. The summed E-state index contributed by atoms with van der Waals surface area (Å²) in [5.41, 5.74) is 17.5. The number of aromatic nitrogens is 3. The molecule has 0 amide bonds. The van der Waals surface area contributed by atoms with Crippen LogP contribution < -0.4 is 0 Å². The van der Waals surface area contributed by atoms with E-state index in [0.717, 1.165) is 83.6 Å². The van der Waals surface area contributed by atoms with E-state index >= 15 is 0 Å². The van der Waals surface area contributed by atoms with Gasteiger partial charge in [0, 0.05) is 39.9 Å². The number of imidazole rings is 1. The molecule has 0 saturated heterocycles. The number of phenols is 1. The van der Waals surface area contributed by atoms with Crippen molar-refractivity contribution in [3.05, 3.63) is 167 Å². The van der Waals surface area contributed by atoms with Crippen LogP contribution in [0.5, 0.6) is 5.75 Å². The molecule has 0 bridgehead atoms. The van der Waals surface area contributed by atoms with Crippen molar-refractivity contribution in [3.8, 4) is 67.5 Å². The second-order valence-electron chi connectivity index (χ2n) is 20.7. The van der Waals surface area contributed by atoms with Crippen molar-refractivity contribution >= 4 is 11.0 Å². The van der Waals surface area contributed by atoms with Crippen molar-refractivity contribution in [2.45, 2.75) is 112 Å². The zero-order chi connectivity index (χ0) is 46.1. The average molecular weight is 1030 g/mol. The van der Waals surface area contributed by atoms with Crippen molar-refractivity contribution in [1.29, 1.82) is 0 Å². The summed E-state index contributed by atoms with van der Waals surface area (Å²) < 4.78 is 10.8. The topological polar surface area (TPSA) is 50.9 Å². The predicted octanol–water partition coefficient (Wildman–Crippen LogP) is 15.9. The Morgan fingerprint density at radius 1 is 0.609 bits per heavy atom. The molecule has 2 aromatic heterocycles. The summed E-state index contributed by atoms with van der Waals surface area (Å²) in [4.78, 5) is 10.5. The van der Waals surface area contributed by atoms with E-state index in [-0.39, 0.29) is 43.1 Å². The van der Waals surface area contributed by atoms with Gasteiger partial charge >= 0.3 is 0 Å². The van der Waals surface area contributed by atoms with E-state index in [9.17, 15) is 5.11 Å². The van der Waals surface area contributed by atoms with Crippen LogP contribution in [0.25, 0.3) is 72.7 Å². The fourth-order valence-electron chi connectivity index (χ4n) is 8.49. The molecule has 0 aliphatic rings. The average Bonchev–Trinajstić information content (AvgIpc) is 3.63. The first-order valence-electron chi connectivity index (χ1n) is 22.7. The number of phenolic OH excluding ortho intramolecular Hbond substituents is 1. The van der Waals surface area contributed by atoms with Gasteiger partial charge in [0.25, 0.3) is 0 Å². The maximum atomic E-state index is 11.9. The molecule has 64 heavy (non-hydrogen) atoms. The van der Waals surface area contributed by atoms with Gasteiger partial charge < -0.3 is 5.11 Å². The number of pyridine rings is 1. The molecule has 8 aromatic rings. The van der Waals surface area contributed by atoms with Gasteiger partial charge in [-0.3, -0.25) is 9.55 Å². The molecule has 6 aromatic carbocycles. The normalized spacial score (nSPS) is 12.6. The van der Waals surface area contributed by atoms with Crippen LogP contribution in [-0.2, 0) is 37.3 Å². The van der Waals surface area contributed by atoms with Crippen LogP contribution in [0.3, 0.4) is 0 Å². The maximum absolute atomic E-state index is 11.9. The number of para-hydroxylation sites is 1. The number of benzene rings is 6. The third-order valence-electron chi connectivity index (χ3n) is 12.4. The number of aryl methyl sites for hydroxylation is 2. The molecule has 330 valence electrons. The van der Waals surface area contributed by atoms with E-state index in [2.05, 4.69) is 177 Å². The minimum absolute atomic E-state index is 0. The summed E-state index contributed by atoms with van der Waals surface area (Å²) >= 11 is 0. The third-order valence-corrected chi connectivity index (χ3v) is 12.4. The molecule has 0 radical (unpaired) electrons. The maximum Gasteiger partial charge on any atom is 0.148 e. The van der Waals surface area contributed by atoms with Crippen LogP contribution in [-0.4, -0.2) is 19.6 Å². The molecule has 1 N–H and O–H groups in total. The van der Waals surface area contributed by atoms with Crippen molar-refractivity contribution in [3.63, 3.8) is 0 Å². The summed E-state index contributed by atoms with van der Waals surface area (Å²) in [7, 11) is 0. The van der Waals surface area contributed by atoms with E-state index in [0.29, 0.717) is 11.4 Å². The van der Waals surface area contributed by atoms with Crippen LogP contribution in [0.1, 0.15) is 117 Å². The zero-order valence-corrected chi connectivity index (χ0v) is 42.0. The van der Waals surface area contributed by atoms with Crippen molar-refractivity contribution < 1.29 is 27.5 Å². The van der Waals surface area contributed by atoms with Crippen LogP contribution in [0.15, 0.2) is 128 Å². The monoisotopic (exact) mass is 1020 g/mol. The summed E-state index contributed by atoms with van der Waals surface area (Å²) in [5, 5.41) is 11.9. The van der Waals surface area contributed by atoms with Gasteiger partial charge in [-0.15, -0.1) is 29.3 Å². The molecule has 0 aliphatic heterocycles. The Morgan fingerprint density at radius 2 is 1.23 bits per heavy atom. The van der Waals surface area contributed by atoms with Gasteiger partial charge in [-0.1, -0.05) is 172 Å². The van der Waals surface area contributed by atoms with E-state index in [1.54, 1.807) is 0 Å². The first kappa shape index (κ1) is 45.0. The van der Waals surface area contributed by atoms with Gasteiger partial charge in [0.15, 0.2) is 0 Å². The largest absolute Gasteiger partial charge is 0.507 e. The molecule has 0 unspecified atom stereocenters. The van der Waals surface area contributed by atoms with Gasteiger partial charge in [-0.2, -0.15) is 0 Å². The van der Waals surface area contributed by atoms with Gasteiger partial charge in [0.2, 0.25) is 0 Å². The Labute approximate surface area is 397 Å². The van der Waals surface area contributed by atoms with Crippen molar-refractivity contribution in [1.82, 2.24) is 14.5 Å². The SMILES string of the molecule is [2H]C(C)(C)c1ccc(-c2ccnc(-c3[c-]c(-c4cccc5c4nc(-c4cc(C)cc(C)c4O)n5-c4cc(C(C)(C)C)ccc4-c4ccc(C(C)(C)C)cc4)cc(C(C)(C)C)c3)c2)cc1.[Pt]. The number of nitrogens with zero attached hydrogens (tertiary/aromatic N) is 3. The minimum Gasteiger partial charge on any atom is -0.507 e. The minimum atomic E-state index is -0.670. The van der Waals surface area contributed by atoms with Crippen LogP contribution in [0.4, 0.5) is 0 Å². The number of fused-ring (bicyclic) bond motifs is 1. The van der Waals surface area contributed by atoms with Gasteiger partial charge in [-0.25, -0.2) is 4.98 Å². The van der Waals surface area contributed by atoms with Crippen LogP contribution >= 0.6 is 0 Å². The molecular weight excluding hydrogens is 962 g/mol. The van der Waals surface area contributed by atoms with Gasteiger partial charge in [0.1, 0.15) is 11.6 Å². The van der Waals surface area contributed by atoms with E-state index in [1.807, 2.05) is 51.2 Å². The van der Waals surface area contributed by atoms with Crippen molar-refractivity contribution in [2.75, 3.05) is 0 Å². The summed E-state index contributed by atoms with van der Waals surface area (Å²) in [6, 6.07) is 47.0. The Hall–Kier alpha value is -5.57. The molecule has 0 spiro atoms. The molecular formula is C59H62N3OPt-. The van der Waals surface area contributed by atoms with Gasteiger partial charge in [-0.05, 0) is 105 Å². The quantitative estimate of drug-likeness (QED) is 0.162. The molecule has 5 heteroatoms. The molecule has 2 heterocycles. The standard InChI is InChI=1S/C59H62N3O.Pt/c1-36(2)39-17-19-40(20-18-39)42-27-28-60-51(34-42)44-31-43(32-47(33-44)59(11,12)13)49-15-14-16-52-54(49)61-56(50-30-37(3)29-38(4)55(50)63)62(52)53-35-46(58(8,9)10)25-26-48(53)41-21-23-45(24-22-41)57(5,6)7;/h14-30,32-36,63H,1-13H3;/q-1;/i36D;. The Bertz CT molecular complexity index is 3040. The Kier molecular flexibility index (Phi) is 12.3. The van der Waals surface area contributed by atoms with E-state index < -0.39 is 5.89 Å². The smallest absolute Gasteiger partial charge is 0.148 e. The number of hydrogen-bond donors (Lipinski definition) is 1. The predicted molar refractivity (Wildman–Crippen MR) is 266 cm³/mol. The third kappa shape index (κ3) is 9.18. The molecule has 4 nitrogen and oxygen atoms in total. The first-order valence-corrected chi connectivity index (χ1v) is 22.2. The molecule has 0 saturated carbocycles. The number of rotatable bonds is 7. The molecule has 0 atom stereocenters. The van der Waals surface area contributed by atoms with Crippen LogP contribution in [0.2, 0.25) is 0 Å². The summed E-state index contributed by atoms with van der Waals surface area (Å²) in [6.45, 7) is 28.1. The molecule has 8 rings (SSSR count). The van der Waals surface area contributed by atoms with Crippen LogP contribution in [0, 0.1) is 19.9 Å². The Balaban J connectivity index is 0.00000630. The fourth-order valence-corrected chi connectivity index (χ4v) is 8.49. The molecule has 0 aliphatic carbocycles. The Morgan fingerprint density at radius 3 is 1.88 bits per heavy atom. The number of aromatic hydroxyl groups is 1. The van der Waals surface area contributed by atoms with Crippen molar-refractivity contribution in [2.24, 2.45) is 0 Å². The van der Waals surface area contributed by atoms with E-state index in [4.69, 9.17) is 11.3 Å². The second kappa shape index (κ2) is 17.4.